The zero-order valence-corrected chi connectivity index (χ0v) is 12.4. The topological polar surface area (TPSA) is 27.6 Å². The molecule has 0 radical (unpaired) electrons. The summed E-state index contributed by atoms with van der Waals surface area (Å²) >= 11 is 0. The van der Waals surface area contributed by atoms with Crippen molar-refractivity contribution in [2.75, 3.05) is 26.2 Å². The van der Waals surface area contributed by atoms with Crippen molar-refractivity contribution in [3.63, 3.8) is 0 Å². The number of likely N-dealkylation sites (tertiary alicyclic amines) is 1. The van der Waals surface area contributed by atoms with Crippen LogP contribution in [0.3, 0.4) is 0 Å². The van der Waals surface area contributed by atoms with Crippen LogP contribution >= 0.6 is 0 Å². The first-order valence-electron chi connectivity index (χ1n) is 8.40. The largest absolute Gasteiger partial charge is 0.357 e. The molecule has 2 unspecified atom stereocenters. The fourth-order valence-electron chi connectivity index (χ4n) is 3.76. The zero-order valence-electron chi connectivity index (χ0n) is 12.4. The SMILES string of the molecule is CCNC(=NCCC1CC1)N1CC2CCCCC2C1. The summed E-state index contributed by atoms with van der Waals surface area (Å²) in [6, 6.07) is 0. The van der Waals surface area contributed by atoms with E-state index in [2.05, 4.69) is 17.1 Å². The molecular formula is C16H29N3. The van der Waals surface area contributed by atoms with E-state index in [4.69, 9.17) is 4.99 Å². The molecule has 0 aromatic rings. The molecular weight excluding hydrogens is 234 g/mol. The lowest BCUT2D eigenvalue weighted by molar-refractivity contribution is 0.299. The monoisotopic (exact) mass is 263 g/mol. The van der Waals surface area contributed by atoms with Crippen molar-refractivity contribution in [2.24, 2.45) is 22.7 Å². The van der Waals surface area contributed by atoms with Crippen LogP contribution in [0.4, 0.5) is 0 Å². The first kappa shape index (κ1) is 13.3. The number of guanidine groups is 1. The number of nitrogens with zero attached hydrogens (tertiary/aromatic N) is 2. The van der Waals surface area contributed by atoms with E-state index in [1.54, 1.807) is 0 Å². The molecule has 2 saturated carbocycles. The van der Waals surface area contributed by atoms with Crippen molar-refractivity contribution in [1.82, 2.24) is 10.2 Å². The molecule has 0 amide bonds. The summed E-state index contributed by atoms with van der Waals surface area (Å²) in [4.78, 5) is 7.40. The molecule has 2 aliphatic carbocycles. The van der Waals surface area contributed by atoms with E-state index in [9.17, 15) is 0 Å². The van der Waals surface area contributed by atoms with Gasteiger partial charge in [0.2, 0.25) is 0 Å². The lowest BCUT2D eigenvalue weighted by atomic mass is 9.82. The molecule has 1 N–H and O–H groups in total. The Morgan fingerprint density at radius 3 is 2.37 bits per heavy atom. The first-order chi connectivity index (χ1) is 9.36. The summed E-state index contributed by atoms with van der Waals surface area (Å²) in [5.41, 5.74) is 0. The normalized spacial score (nSPS) is 31.4. The van der Waals surface area contributed by atoms with Crippen LogP contribution < -0.4 is 5.32 Å². The fourth-order valence-corrected chi connectivity index (χ4v) is 3.76. The molecule has 0 spiro atoms. The van der Waals surface area contributed by atoms with Crippen molar-refractivity contribution in [1.29, 1.82) is 0 Å². The minimum absolute atomic E-state index is 0.945. The molecule has 0 bridgehead atoms. The Kier molecular flexibility index (Phi) is 4.29. The molecule has 0 aromatic heterocycles. The van der Waals surface area contributed by atoms with E-state index in [-0.39, 0.29) is 0 Å². The van der Waals surface area contributed by atoms with Gasteiger partial charge in [0.05, 0.1) is 0 Å². The number of aliphatic imine (C=N–C) groups is 1. The Balaban J connectivity index is 1.56. The third-order valence-corrected chi connectivity index (χ3v) is 5.11. The number of hydrogen-bond acceptors (Lipinski definition) is 1. The smallest absolute Gasteiger partial charge is 0.193 e. The minimum atomic E-state index is 0.945. The maximum atomic E-state index is 4.86. The van der Waals surface area contributed by atoms with E-state index in [0.717, 1.165) is 30.8 Å². The van der Waals surface area contributed by atoms with E-state index in [1.807, 2.05) is 0 Å². The highest BCUT2D eigenvalue weighted by Gasteiger charge is 2.35. The second kappa shape index (κ2) is 6.15. The van der Waals surface area contributed by atoms with Crippen molar-refractivity contribution in [3.05, 3.63) is 0 Å². The molecule has 3 fully saturated rings. The van der Waals surface area contributed by atoms with Gasteiger partial charge in [0.15, 0.2) is 5.96 Å². The predicted octanol–water partition coefficient (Wildman–Crippen LogP) is 2.87. The van der Waals surface area contributed by atoms with Gasteiger partial charge in [-0.3, -0.25) is 4.99 Å². The molecule has 0 aromatic carbocycles. The zero-order chi connectivity index (χ0) is 13.1. The lowest BCUT2D eigenvalue weighted by Gasteiger charge is -2.22. The van der Waals surface area contributed by atoms with Gasteiger partial charge in [-0.2, -0.15) is 0 Å². The van der Waals surface area contributed by atoms with Gasteiger partial charge in [-0.15, -0.1) is 0 Å². The Bertz CT molecular complexity index is 308. The van der Waals surface area contributed by atoms with E-state index >= 15 is 0 Å². The average molecular weight is 263 g/mol. The van der Waals surface area contributed by atoms with Gasteiger partial charge < -0.3 is 10.2 Å². The Labute approximate surface area is 117 Å². The fraction of sp³-hybridized carbons (Fsp3) is 0.938. The number of nitrogens with one attached hydrogen (secondary N) is 1. The molecule has 2 atom stereocenters. The van der Waals surface area contributed by atoms with Gasteiger partial charge in [-0.1, -0.05) is 25.7 Å². The number of fused-ring (bicyclic) bond motifs is 1. The maximum Gasteiger partial charge on any atom is 0.193 e. The summed E-state index contributed by atoms with van der Waals surface area (Å²) in [7, 11) is 0. The summed E-state index contributed by atoms with van der Waals surface area (Å²) in [5.74, 6) is 4.08. The van der Waals surface area contributed by atoms with E-state index in [1.165, 1.54) is 64.0 Å². The summed E-state index contributed by atoms with van der Waals surface area (Å²) < 4.78 is 0. The molecule has 3 aliphatic rings. The van der Waals surface area contributed by atoms with Gasteiger partial charge in [0.1, 0.15) is 0 Å². The molecule has 3 heteroatoms. The highest BCUT2D eigenvalue weighted by Crippen LogP contribution is 2.36. The number of rotatable bonds is 4. The quantitative estimate of drug-likeness (QED) is 0.624. The third kappa shape index (κ3) is 3.43. The number of hydrogen-bond donors (Lipinski definition) is 1. The predicted molar refractivity (Wildman–Crippen MR) is 80.3 cm³/mol. The highest BCUT2D eigenvalue weighted by molar-refractivity contribution is 5.80. The van der Waals surface area contributed by atoms with Crippen molar-refractivity contribution < 1.29 is 0 Å². The molecule has 1 aliphatic heterocycles. The van der Waals surface area contributed by atoms with Gasteiger partial charge in [-0.05, 0) is 43.9 Å². The van der Waals surface area contributed by atoms with Gasteiger partial charge in [0.25, 0.3) is 0 Å². The molecule has 1 saturated heterocycles. The second-order valence-electron chi connectivity index (χ2n) is 6.68. The van der Waals surface area contributed by atoms with Crippen molar-refractivity contribution in [2.45, 2.75) is 51.9 Å². The van der Waals surface area contributed by atoms with Gasteiger partial charge in [-0.25, -0.2) is 0 Å². The first-order valence-corrected chi connectivity index (χ1v) is 8.40. The maximum absolute atomic E-state index is 4.86. The van der Waals surface area contributed by atoms with Crippen LogP contribution in [0.15, 0.2) is 4.99 Å². The highest BCUT2D eigenvalue weighted by atomic mass is 15.3. The summed E-state index contributed by atoms with van der Waals surface area (Å²) in [5, 5.41) is 3.50. The Hall–Kier alpha value is -0.730. The van der Waals surface area contributed by atoms with Crippen LogP contribution in [0, 0.1) is 17.8 Å². The van der Waals surface area contributed by atoms with Gasteiger partial charge >= 0.3 is 0 Å². The average Bonchev–Trinajstić information content (AvgIpc) is 3.14. The van der Waals surface area contributed by atoms with E-state index < -0.39 is 0 Å². The second-order valence-corrected chi connectivity index (χ2v) is 6.68. The third-order valence-electron chi connectivity index (χ3n) is 5.11. The molecule has 108 valence electrons. The molecule has 3 nitrogen and oxygen atoms in total. The van der Waals surface area contributed by atoms with Crippen LogP contribution in [0.2, 0.25) is 0 Å². The van der Waals surface area contributed by atoms with Crippen LogP contribution in [-0.4, -0.2) is 37.0 Å². The molecule has 19 heavy (non-hydrogen) atoms. The van der Waals surface area contributed by atoms with E-state index in [0.29, 0.717) is 0 Å². The van der Waals surface area contributed by atoms with Crippen LogP contribution in [0.5, 0.6) is 0 Å². The molecule has 1 heterocycles. The van der Waals surface area contributed by atoms with Crippen molar-refractivity contribution >= 4 is 5.96 Å². The van der Waals surface area contributed by atoms with Crippen LogP contribution in [-0.2, 0) is 0 Å². The molecule has 3 rings (SSSR count). The Morgan fingerprint density at radius 2 is 1.79 bits per heavy atom. The lowest BCUT2D eigenvalue weighted by Crippen LogP contribution is -2.40. The summed E-state index contributed by atoms with van der Waals surface area (Å²) in [6.45, 7) is 6.70. The minimum Gasteiger partial charge on any atom is -0.357 e. The van der Waals surface area contributed by atoms with Crippen LogP contribution in [0.1, 0.15) is 51.9 Å². The van der Waals surface area contributed by atoms with Crippen molar-refractivity contribution in [3.8, 4) is 0 Å². The Morgan fingerprint density at radius 1 is 1.11 bits per heavy atom. The van der Waals surface area contributed by atoms with Crippen LogP contribution in [0.25, 0.3) is 0 Å². The standard InChI is InChI=1S/C16H29N3/c1-2-17-16(18-10-9-13-7-8-13)19-11-14-5-3-4-6-15(14)12-19/h13-15H,2-12H2,1H3,(H,17,18). The van der Waals surface area contributed by atoms with Gasteiger partial charge in [0, 0.05) is 26.2 Å². The summed E-state index contributed by atoms with van der Waals surface area (Å²) in [6.07, 6.45) is 9.98.